The van der Waals surface area contributed by atoms with Crippen LogP contribution < -0.4 is 24.6 Å². The molecule has 0 radical (unpaired) electrons. The first-order valence-electron chi connectivity index (χ1n) is 15.4. The summed E-state index contributed by atoms with van der Waals surface area (Å²) in [7, 11) is 1.58. The minimum absolute atomic E-state index is 0.0180. The van der Waals surface area contributed by atoms with E-state index in [1.165, 1.54) is 16.2 Å². The van der Waals surface area contributed by atoms with Gasteiger partial charge in [-0.3, -0.25) is 24.1 Å². The summed E-state index contributed by atoms with van der Waals surface area (Å²) >= 11 is 6.46. The predicted octanol–water partition coefficient (Wildman–Crippen LogP) is 6.21. The molecule has 2 saturated carbocycles. The average Bonchev–Trinajstić information content (AvgIpc) is 3.79. The number of rotatable bonds is 7. The maximum absolute atomic E-state index is 14.1. The van der Waals surface area contributed by atoms with E-state index in [2.05, 4.69) is 26.2 Å². The van der Waals surface area contributed by atoms with Crippen LogP contribution in [0.3, 0.4) is 0 Å². The van der Waals surface area contributed by atoms with Gasteiger partial charge in [-0.2, -0.15) is 0 Å². The number of carbonyl (C=O) groups excluding carboxylic acids is 3. The Bertz CT molecular complexity index is 1990. The van der Waals surface area contributed by atoms with Crippen molar-refractivity contribution in [3.8, 4) is 11.5 Å². The molecule has 7 atom stereocenters. The molecule has 0 unspecified atom stereocenters. The van der Waals surface area contributed by atoms with E-state index in [9.17, 15) is 19.2 Å². The Morgan fingerprint density at radius 1 is 1.02 bits per heavy atom. The molecule has 4 aliphatic rings. The molecule has 3 aromatic carbocycles. The third-order valence-electron chi connectivity index (χ3n) is 10.0. The van der Waals surface area contributed by atoms with Gasteiger partial charge in [0.1, 0.15) is 11.5 Å². The van der Waals surface area contributed by atoms with Crippen LogP contribution in [0.25, 0.3) is 0 Å². The van der Waals surface area contributed by atoms with Gasteiger partial charge in [0.25, 0.3) is 5.91 Å². The topological polar surface area (TPSA) is 118 Å². The van der Waals surface area contributed by atoms with E-state index in [1.54, 1.807) is 43.1 Å². The van der Waals surface area contributed by atoms with Crippen molar-refractivity contribution in [2.24, 2.45) is 29.6 Å². The summed E-state index contributed by atoms with van der Waals surface area (Å²) in [6.45, 7) is 1.76. The number of H-pyrrole nitrogens is 1. The minimum atomic E-state index is -0.437. The van der Waals surface area contributed by atoms with Gasteiger partial charge in [0.15, 0.2) is 6.61 Å². The standard InChI is InChI=1S/C35H30BrN3O6S2/c1-16-4-3-5-18(12-16)37-25(40)15-45-24-11-6-17(36)13-21(24)26-27-22-14-23(30(27)46-32-31(26)47-35(43)38-32)29-28(22)33(41)39(34(29)42)19-7-9-20(44-2)10-8-19/h3-13,22-23,26-30H,14-15H2,1-2H3,(H,37,40)(H,38,43)/t22-,23-,26+,27-,28+,29+,30-/m1/s1. The number of fused-ring (bicyclic) bond motifs is 9. The number of hydrogen-bond acceptors (Lipinski definition) is 8. The number of aromatic nitrogens is 1. The van der Waals surface area contributed by atoms with Gasteiger partial charge in [0.2, 0.25) is 11.8 Å². The Hall–Kier alpha value is -3.87. The van der Waals surface area contributed by atoms with Gasteiger partial charge in [0.05, 0.1) is 29.7 Å². The lowest BCUT2D eigenvalue weighted by Crippen LogP contribution is -2.42. The van der Waals surface area contributed by atoms with Crippen molar-refractivity contribution >= 4 is 68.1 Å². The first-order chi connectivity index (χ1) is 22.7. The molecule has 47 heavy (non-hydrogen) atoms. The molecule has 2 aliphatic heterocycles. The Labute approximate surface area is 287 Å². The number of nitrogens with one attached hydrogen (secondary N) is 2. The van der Waals surface area contributed by atoms with Gasteiger partial charge >= 0.3 is 4.87 Å². The summed E-state index contributed by atoms with van der Waals surface area (Å²) in [5, 5.41) is 3.73. The van der Waals surface area contributed by atoms with Gasteiger partial charge in [0, 0.05) is 31.8 Å². The van der Waals surface area contributed by atoms with E-state index in [4.69, 9.17) is 9.47 Å². The van der Waals surface area contributed by atoms with Crippen LogP contribution in [-0.2, 0) is 14.4 Å². The van der Waals surface area contributed by atoms with Crippen molar-refractivity contribution in [3.63, 3.8) is 0 Å². The number of imide groups is 1. The van der Waals surface area contributed by atoms with Crippen molar-refractivity contribution in [2.45, 2.75) is 29.5 Å². The molecule has 4 aromatic rings. The minimum Gasteiger partial charge on any atom is -0.497 e. The molecule has 240 valence electrons. The fourth-order valence-electron chi connectivity index (χ4n) is 8.31. The zero-order valence-electron chi connectivity index (χ0n) is 25.4. The number of amides is 3. The molecular weight excluding hydrogens is 702 g/mol. The second kappa shape index (κ2) is 11.7. The van der Waals surface area contributed by atoms with Crippen LogP contribution in [-0.4, -0.2) is 41.7 Å². The molecule has 2 N–H and O–H groups in total. The van der Waals surface area contributed by atoms with Crippen LogP contribution in [0.4, 0.5) is 11.4 Å². The molecule has 3 heterocycles. The number of anilines is 2. The lowest BCUT2D eigenvalue weighted by Gasteiger charge is -2.43. The molecule has 1 saturated heterocycles. The normalized spacial score (nSPS) is 27.0. The SMILES string of the molecule is COc1ccc(N2C(=O)[C@H]3[C@H]4C[C@@H]([C@@H]3C2=O)[C@@H]2[C@H](c3cc(Br)ccc3OCC(=O)Nc3cccc(C)c3)c3sc(=O)[nH]c3S[C@H]42)cc1. The molecule has 1 aromatic heterocycles. The summed E-state index contributed by atoms with van der Waals surface area (Å²) in [6.07, 6.45) is 0.768. The Kier molecular flexibility index (Phi) is 7.57. The third-order valence-corrected chi connectivity index (χ3v) is 13.1. The lowest BCUT2D eigenvalue weighted by atomic mass is 9.68. The molecule has 3 amide bonds. The zero-order chi connectivity index (χ0) is 32.6. The van der Waals surface area contributed by atoms with E-state index in [0.717, 1.165) is 31.9 Å². The van der Waals surface area contributed by atoms with Crippen LogP contribution in [0, 0.1) is 36.5 Å². The molecule has 3 fully saturated rings. The molecule has 2 bridgehead atoms. The molecule has 8 rings (SSSR count). The number of hydrogen-bond donors (Lipinski definition) is 2. The molecular formula is C35H30BrN3O6S2. The Balaban J connectivity index is 1.13. The summed E-state index contributed by atoms with van der Waals surface area (Å²) in [6, 6.07) is 20.3. The van der Waals surface area contributed by atoms with Gasteiger partial charge in [-0.25, -0.2) is 0 Å². The highest BCUT2D eigenvalue weighted by atomic mass is 79.9. The number of thiazole rings is 1. The van der Waals surface area contributed by atoms with E-state index in [1.807, 2.05) is 49.4 Å². The number of aryl methyl sites for hydroxylation is 1. The monoisotopic (exact) mass is 731 g/mol. The Morgan fingerprint density at radius 2 is 1.79 bits per heavy atom. The number of halogens is 1. The van der Waals surface area contributed by atoms with E-state index in [-0.39, 0.29) is 58.1 Å². The first-order valence-corrected chi connectivity index (χ1v) is 17.9. The highest BCUT2D eigenvalue weighted by Gasteiger charge is 2.69. The molecule has 2 aliphatic carbocycles. The summed E-state index contributed by atoms with van der Waals surface area (Å²) in [4.78, 5) is 59.0. The quantitative estimate of drug-likeness (QED) is 0.217. The maximum Gasteiger partial charge on any atom is 0.305 e. The predicted molar refractivity (Wildman–Crippen MR) is 183 cm³/mol. The summed E-state index contributed by atoms with van der Waals surface area (Å²) in [5.41, 5.74) is 3.13. The van der Waals surface area contributed by atoms with E-state index in [0.29, 0.717) is 22.9 Å². The van der Waals surface area contributed by atoms with Crippen molar-refractivity contribution in [2.75, 3.05) is 23.9 Å². The fourth-order valence-corrected chi connectivity index (χ4v) is 11.6. The van der Waals surface area contributed by atoms with Crippen LogP contribution in [0.1, 0.15) is 28.3 Å². The number of benzene rings is 3. The number of nitrogens with zero attached hydrogens (tertiary/aromatic N) is 1. The highest BCUT2D eigenvalue weighted by molar-refractivity contribution is 9.10. The lowest BCUT2D eigenvalue weighted by molar-refractivity contribution is -0.123. The van der Waals surface area contributed by atoms with Crippen LogP contribution in [0.2, 0.25) is 0 Å². The van der Waals surface area contributed by atoms with Crippen molar-refractivity contribution in [1.29, 1.82) is 0 Å². The van der Waals surface area contributed by atoms with Crippen molar-refractivity contribution in [3.05, 3.63) is 96.9 Å². The molecule has 0 spiro atoms. The fraction of sp³-hybridized carbons (Fsp3) is 0.314. The molecule has 12 heteroatoms. The summed E-state index contributed by atoms with van der Waals surface area (Å²) in [5.74, 6) is -0.602. The second-order valence-corrected chi connectivity index (χ2v) is 15.7. The van der Waals surface area contributed by atoms with Gasteiger partial charge < -0.3 is 19.8 Å². The number of ether oxygens (including phenoxy) is 2. The van der Waals surface area contributed by atoms with Crippen molar-refractivity contribution in [1.82, 2.24) is 4.98 Å². The average molecular weight is 733 g/mol. The number of methoxy groups -OCH3 is 1. The highest BCUT2D eigenvalue weighted by Crippen LogP contribution is 2.69. The summed E-state index contributed by atoms with van der Waals surface area (Å²) < 4.78 is 12.3. The van der Waals surface area contributed by atoms with Crippen LogP contribution in [0.5, 0.6) is 11.5 Å². The second-order valence-electron chi connectivity index (χ2n) is 12.6. The number of thioether (sulfide) groups is 1. The van der Waals surface area contributed by atoms with Crippen LogP contribution >= 0.6 is 39.0 Å². The Morgan fingerprint density at radius 3 is 2.53 bits per heavy atom. The van der Waals surface area contributed by atoms with Gasteiger partial charge in [-0.15, -0.1) is 11.8 Å². The smallest absolute Gasteiger partial charge is 0.305 e. The van der Waals surface area contributed by atoms with Gasteiger partial charge in [-0.1, -0.05) is 39.4 Å². The van der Waals surface area contributed by atoms with Crippen LogP contribution in [0.15, 0.2) is 81.0 Å². The molecule has 9 nitrogen and oxygen atoms in total. The van der Waals surface area contributed by atoms with Crippen molar-refractivity contribution < 1.29 is 23.9 Å². The third kappa shape index (κ3) is 5.03. The van der Waals surface area contributed by atoms with E-state index >= 15 is 0 Å². The van der Waals surface area contributed by atoms with Gasteiger partial charge in [-0.05, 0) is 91.3 Å². The maximum atomic E-state index is 14.1. The number of aromatic amines is 1. The largest absolute Gasteiger partial charge is 0.497 e. The zero-order valence-corrected chi connectivity index (χ0v) is 28.6. The first kappa shape index (κ1) is 30.5. The number of carbonyl (C=O) groups is 3. The van der Waals surface area contributed by atoms with E-state index < -0.39 is 11.8 Å².